The van der Waals surface area contributed by atoms with E-state index in [1.165, 1.54) is 0 Å². The molecule has 0 spiro atoms. The van der Waals surface area contributed by atoms with Crippen LogP contribution >= 0.6 is 0 Å². The first-order valence-electron chi connectivity index (χ1n) is 8.17. The third-order valence-corrected chi connectivity index (χ3v) is 4.66. The second kappa shape index (κ2) is 7.40. The minimum absolute atomic E-state index is 0.0412. The number of halogens is 2. The fraction of sp³-hybridized carbons (Fsp3) is 0.500. The van der Waals surface area contributed by atoms with Crippen molar-refractivity contribution in [3.05, 3.63) is 48.1 Å². The minimum atomic E-state index is -0.745. The van der Waals surface area contributed by atoms with Crippen LogP contribution in [0.15, 0.2) is 30.9 Å². The normalized spacial score (nSPS) is 26.2. The molecule has 24 heavy (non-hydrogen) atoms. The van der Waals surface area contributed by atoms with E-state index in [-0.39, 0.29) is 29.5 Å². The highest BCUT2D eigenvalue weighted by molar-refractivity contribution is 5.94. The van der Waals surface area contributed by atoms with Gasteiger partial charge in [-0.15, -0.1) is 6.58 Å². The number of rotatable bonds is 5. The Kier molecular flexibility index (Phi) is 5.26. The van der Waals surface area contributed by atoms with Crippen LogP contribution in [0.2, 0.25) is 0 Å². The first-order chi connectivity index (χ1) is 11.6. The molecule has 2 aliphatic rings. The number of hydrogen-bond donors (Lipinski definition) is 0. The molecular formula is C18H21F2NO3. The molecule has 1 aromatic carbocycles. The van der Waals surface area contributed by atoms with Gasteiger partial charge in [-0.05, 0) is 25.0 Å². The van der Waals surface area contributed by atoms with E-state index in [2.05, 4.69) is 6.58 Å². The molecule has 6 heteroatoms. The number of fused-ring (bicyclic) bond motifs is 1. The molecule has 1 aromatic rings. The lowest BCUT2D eigenvalue weighted by Crippen LogP contribution is -2.53. The average molecular weight is 337 g/mol. The molecule has 130 valence electrons. The number of benzene rings is 1. The maximum absolute atomic E-state index is 13.4. The van der Waals surface area contributed by atoms with Gasteiger partial charge in [-0.1, -0.05) is 6.08 Å². The van der Waals surface area contributed by atoms with Crippen molar-refractivity contribution in [1.29, 1.82) is 0 Å². The van der Waals surface area contributed by atoms with Gasteiger partial charge in [0.2, 0.25) is 0 Å². The number of nitrogens with zero attached hydrogens (tertiary/aromatic N) is 1. The smallest absolute Gasteiger partial charge is 0.254 e. The summed E-state index contributed by atoms with van der Waals surface area (Å²) in [6.45, 7) is 5.51. The summed E-state index contributed by atoms with van der Waals surface area (Å²) in [5.41, 5.74) is 0.0412. The number of morpholine rings is 1. The van der Waals surface area contributed by atoms with Gasteiger partial charge >= 0.3 is 0 Å². The maximum atomic E-state index is 13.4. The zero-order chi connectivity index (χ0) is 17.1. The Balaban J connectivity index is 1.72. The first-order valence-corrected chi connectivity index (χ1v) is 8.17. The zero-order valence-corrected chi connectivity index (χ0v) is 13.4. The van der Waals surface area contributed by atoms with Gasteiger partial charge in [0, 0.05) is 24.1 Å². The van der Waals surface area contributed by atoms with Crippen molar-refractivity contribution in [3.63, 3.8) is 0 Å². The van der Waals surface area contributed by atoms with Gasteiger partial charge in [0.1, 0.15) is 11.6 Å². The summed E-state index contributed by atoms with van der Waals surface area (Å²) in [6, 6.07) is 2.85. The summed E-state index contributed by atoms with van der Waals surface area (Å²) in [5.74, 6) is -1.62. The second-order valence-corrected chi connectivity index (χ2v) is 6.22. The van der Waals surface area contributed by atoms with E-state index in [9.17, 15) is 13.6 Å². The van der Waals surface area contributed by atoms with E-state index in [0.717, 1.165) is 31.0 Å². The van der Waals surface area contributed by atoms with Crippen LogP contribution in [0.25, 0.3) is 0 Å². The van der Waals surface area contributed by atoms with Gasteiger partial charge < -0.3 is 14.4 Å². The van der Waals surface area contributed by atoms with Crippen molar-refractivity contribution in [2.24, 2.45) is 5.92 Å². The molecule has 0 N–H and O–H groups in total. The van der Waals surface area contributed by atoms with Gasteiger partial charge in [0.25, 0.3) is 5.91 Å². The topological polar surface area (TPSA) is 38.8 Å². The molecule has 3 rings (SSSR count). The van der Waals surface area contributed by atoms with E-state index in [4.69, 9.17) is 9.47 Å². The van der Waals surface area contributed by atoms with Crippen LogP contribution in [0.4, 0.5) is 8.78 Å². The fourth-order valence-corrected chi connectivity index (χ4v) is 3.64. The monoisotopic (exact) mass is 337 g/mol. The van der Waals surface area contributed by atoms with Crippen LogP contribution in [0, 0.1) is 17.6 Å². The molecule has 3 atom stereocenters. The van der Waals surface area contributed by atoms with Crippen molar-refractivity contribution in [3.8, 4) is 0 Å². The van der Waals surface area contributed by atoms with Crippen LogP contribution in [-0.4, -0.2) is 49.3 Å². The van der Waals surface area contributed by atoms with Crippen LogP contribution in [0.3, 0.4) is 0 Å². The first kappa shape index (κ1) is 17.0. The van der Waals surface area contributed by atoms with Crippen molar-refractivity contribution >= 4 is 5.91 Å². The standard InChI is InChI=1S/C18H21F2NO3/c1-2-6-23-11-12-3-4-16-17(12)24-7-5-21(16)18(22)13-8-14(19)10-15(20)9-13/h2,8-10,12,16-17H,1,3-7,11H2/t12-,16+,17+/m0/s1. The molecule has 0 unspecified atom stereocenters. The highest BCUT2D eigenvalue weighted by Crippen LogP contribution is 2.35. The number of ether oxygens (including phenoxy) is 2. The van der Waals surface area contributed by atoms with Crippen molar-refractivity contribution in [2.75, 3.05) is 26.4 Å². The van der Waals surface area contributed by atoms with Crippen molar-refractivity contribution in [1.82, 2.24) is 4.90 Å². The summed E-state index contributed by atoms with van der Waals surface area (Å²) in [4.78, 5) is 14.4. The summed E-state index contributed by atoms with van der Waals surface area (Å²) in [5, 5.41) is 0. The zero-order valence-electron chi connectivity index (χ0n) is 13.4. The summed E-state index contributed by atoms with van der Waals surface area (Å²) < 4.78 is 38.2. The van der Waals surface area contributed by atoms with E-state index in [0.29, 0.717) is 26.4 Å². The number of carbonyl (C=O) groups is 1. The van der Waals surface area contributed by atoms with Crippen LogP contribution in [0.5, 0.6) is 0 Å². The second-order valence-electron chi connectivity index (χ2n) is 6.22. The lowest BCUT2D eigenvalue weighted by Gasteiger charge is -2.39. The largest absolute Gasteiger partial charge is 0.377 e. The molecule has 1 amide bonds. The molecule has 1 aliphatic carbocycles. The third kappa shape index (κ3) is 3.49. The molecule has 1 aliphatic heterocycles. The third-order valence-electron chi connectivity index (χ3n) is 4.66. The SMILES string of the molecule is C=CCOC[C@@H]1CC[C@@H]2[C@@H]1OCCN2C(=O)c1cc(F)cc(F)c1. The highest BCUT2D eigenvalue weighted by atomic mass is 19.1. The Morgan fingerprint density at radius 3 is 2.79 bits per heavy atom. The van der Waals surface area contributed by atoms with Gasteiger partial charge in [0.05, 0.1) is 32.0 Å². The molecule has 1 saturated heterocycles. The number of hydrogen-bond acceptors (Lipinski definition) is 3. The molecule has 0 aromatic heterocycles. The van der Waals surface area contributed by atoms with Crippen LogP contribution < -0.4 is 0 Å². The van der Waals surface area contributed by atoms with Gasteiger partial charge in [0.15, 0.2) is 0 Å². The Morgan fingerprint density at radius 1 is 1.33 bits per heavy atom. The Labute approximate surface area is 140 Å². The molecular weight excluding hydrogens is 316 g/mol. The van der Waals surface area contributed by atoms with E-state index in [1.807, 2.05) is 0 Å². The minimum Gasteiger partial charge on any atom is -0.377 e. The van der Waals surface area contributed by atoms with Gasteiger partial charge in [-0.3, -0.25) is 4.79 Å². The predicted molar refractivity (Wildman–Crippen MR) is 84.7 cm³/mol. The summed E-state index contributed by atoms with van der Waals surface area (Å²) in [6.07, 6.45) is 3.30. The quantitative estimate of drug-likeness (QED) is 0.613. The maximum Gasteiger partial charge on any atom is 0.254 e. The van der Waals surface area contributed by atoms with Crippen LogP contribution in [-0.2, 0) is 9.47 Å². The van der Waals surface area contributed by atoms with Gasteiger partial charge in [-0.25, -0.2) is 8.78 Å². The molecule has 2 fully saturated rings. The lowest BCUT2D eigenvalue weighted by molar-refractivity contribution is -0.0738. The van der Waals surface area contributed by atoms with Crippen molar-refractivity contribution in [2.45, 2.75) is 25.0 Å². The molecule has 1 saturated carbocycles. The van der Waals surface area contributed by atoms with E-state index >= 15 is 0 Å². The fourth-order valence-electron chi connectivity index (χ4n) is 3.64. The van der Waals surface area contributed by atoms with Gasteiger partial charge in [-0.2, -0.15) is 0 Å². The average Bonchev–Trinajstić information content (AvgIpc) is 2.97. The van der Waals surface area contributed by atoms with E-state index in [1.54, 1.807) is 11.0 Å². The molecule has 4 nitrogen and oxygen atoms in total. The molecule has 0 bridgehead atoms. The Morgan fingerprint density at radius 2 is 2.08 bits per heavy atom. The Hall–Kier alpha value is -1.79. The van der Waals surface area contributed by atoms with E-state index < -0.39 is 11.6 Å². The summed E-state index contributed by atoms with van der Waals surface area (Å²) in [7, 11) is 0. The summed E-state index contributed by atoms with van der Waals surface area (Å²) >= 11 is 0. The van der Waals surface area contributed by atoms with Crippen LogP contribution in [0.1, 0.15) is 23.2 Å². The Bertz CT molecular complexity index is 602. The lowest BCUT2D eigenvalue weighted by atomic mass is 10.0. The molecule has 1 heterocycles. The number of carbonyl (C=O) groups excluding carboxylic acids is 1. The predicted octanol–water partition coefficient (Wildman–Crippen LogP) is 2.79. The van der Waals surface area contributed by atoms with Crippen molar-refractivity contribution < 1.29 is 23.0 Å². The molecule has 0 radical (unpaired) electrons. The number of amides is 1. The highest BCUT2D eigenvalue weighted by Gasteiger charge is 2.44.